The summed E-state index contributed by atoms with van der Waals surface area (Å²) in [5, 5.41) is 13.7. The Morgan fingerprint density at radius 3 is 2.57 bits per heavy atom. The van der Waals surface area contributed by atoms with Crippen LogP contribution >= 0.6 is 23.4 Å². The first-order chi connectivity index (χ1) is 14.3. The van der Waals surface area contributed by atoms with Gasteiger partial charge in [0, 0.05) is 27.7 Å². The minimum atomic E-state index is -0.804. The van der Waals surface area contributed by atoms with Crippen molar-refractivity contribution in [1.82, 2.24) is 5.32 Å². The molecule has 1 atom stereocenters. The molecular weight excluding hydrogens is 416 g/mol. The molecule has 2 aromatic carbocycles. The number of carbonyl (C=O) groups excluding carboxylic acids is 1. The van der Waals surface area contributed by atoms with Crippen LogP contribution in [0.5, 0.6) is 0 Å². The highest BCUT2D eigenvalue weighted by molar-refractivity contribution is 8.01. The summed E-state index contributed by atoms with van der Waals surface area (Å²) in [7, 11) is 0. The van der Waals surface area contributed by atoms with Gasteiger partial charge in [-0.2, -0.15) is 0 Å². The van der Waals surface area contributed by atoms with E-state index in [0.717, 1.165) is 27.3 Å². The third kappa shape index (κ3) is 5.15. The molecule has 0 bridgehead atoms. The van der Waals surface area contributed by atoms with Crippen molar-refractivity contribution in [3.63, 3.8) is 0 Å². The summed E-state index contributed by atoms with van der Waals surface area (Å²) in [6.07, 6.45) is 0.186. The van der Waals surface area contributed by atoms with Crippen molar-refractivity contribution in [2.24, 2.45) is 10.9 Å². The van der Waals surface area contributed by atoms with Gasteiger partial charge in [-0.15, -0.1) is 0 Å². The van der Waals surface area contributed by atoms with Gasteiger partial charge >= 0.3 is 0 Å². The van der Waals surface area contributed by atoms with E-state index in [-0.39, 0.29) is 24.9 Å². The lowest BCUT2D eigenvalue weighted by molar-refractivity contribution is -0.121. The van der Waals surface area contributed by atoms with Crippen molar-refractivity contribution in [1.29, 1.82) is 0 Å². The molecule has 1 unspecified atom stereocenters. The van der Waals surface area contributed by atoms with Crippen molar-refractivity contribution in [3.8, 4) is 0 Å². The maximum atomic E-state index is 13.0. The predicted molar refractivity (Wildman–Crippen MR) is 125 cm³/mol. The lowest BCUT2D eigenvalue weighted by atomic mass is 9.90. The van der Waals surface area contributed by atoms with Crippen molar-refractivity contribution in [2.75, 3.05) is 6.61 Å². The average molecular weight is 443 g/mol. The number of amides is 1. The van der Waals surface area contributed by atoms with Gasteiger partial charge in [-0.05, 0) is 42.2 Å². The maximum absolute atomic E-state index is 13.0. The van der Waals surface area contributed by atoms with Gasteiger partial charge in [0.05, 0.1) is 13.0 Å². The van der Waals surface area contributed by atoms with Gasteiger partial charge in [-0.3, -0.25) is 9.79 Å². The quantitative estimate of drug-likeness (QED) is 0.586. The summed E-state index contributed by atoms with van der Waals surface area (Å²) in [4.78, 5) is 18.1. The number of aliphatic imine (C=N–C) groups is 1. The predicted octanol–water partition coefficient (Wildman–Crippen LogP) is 5.25. The van der Waals surface area contributed by atoms with Crippen LogP contribution in [0.25, 0.3) is 0 Å². The smallest absolute Gasteiger partial charge is 0.223 e. The number of benzene rings is 2. The van der Waals surface area contributed by atoms with E-state index in [1.807, 2.05) is 61.5 Å². The minimum absolute atomic E-state index is 0.0812. The van der Waals surface area contributed by atoms with E-state index < -0.39 is 4.87 Å². The second-order valence-corrected chi connectivity index (χ2v) is 9.47. The Hall–Kier alpha value is -2.08. The minimum Gasteiger partial charge on any atom is -0.392 e. The van der Waals surface area contributed by atoms with Crippen LogP contribution in [0.15, 0.2) is 75.6 Å². The highest BCUT2D eigenvalue weighted by Gasteiger charge is 2.44. The van der Waals surface area contributed by atoms with Gasteiger partial charge in [0.25, 0.3) is 0 Å². The highest BCUT2D eigenvalue weighted by Crippen LogP contribution is 2.50. The maximum Gasteiger partial charge on any atom is 0.223 e. The number of hydrogen-bond donors (Lipinski definition) is 2. The van der Waals surface area contributed by atoms with Crippen LogP contribution in [0.4, 0.5) is 0 Å². The fourth-order valence-corrected chi connectivity index (χ4v) is 5.71. The van der Waals surface area contributed by atoms with Crippen LogP contribution in [0.3, 0.4) is 0 Å². The van der Waals surface area contributed by atoms with Gasteiger partial charge in [-0.25, -0.2) is 0 Å². The van der Waals surface area contributed by atoms with E-state index in [2.05, 4.69) is 19.2 Å². The number of thioether (sulfide) groups is 1. The van der Waals surface area contributed by atoms with Gasteiger partial charge in [-0.1, -0.05) is 73.6 Å². The molecule has 1 aliphatic heterocycles. The van der Waals surface area contributed by atoms with E-state index >= 15 is 0 Å². The number of rotatable bonds is 8. The third-order valence-corrected chi connectivity index (χ3v) is 6.60. The topological polar surface area (TPSA) is 61.7 Å². The first-order valence-corrected chi connectivity index (χ1v) is 11.2. The Balaban J connectivity index is 1.92. The van der Waals surface area contributed by atoms with Gasteiger partial charge in [0.2, 0.25) is 5.91 Å². The SMILES string of the molecule is CC1=NC(CC(=O)NCc2ccccc2)(Sc2cccc(Cl)c2)C(C(C)C)=C1CO. The largest absolute Gasteiger partial charge is 0.392 e. The van der Waals surface area contributed by atoms with Crippen molar-refractivity contribution < 1.29 is 9.90 Å². The molecule has 2 N–H and O–H groups in total. The summed E-state index contributed by atoms with van der Waals surface area (Å²) in [6.45, 7) is 6.43. The summed E-state index contributed by atoms with van der Waals surface area (Å²) in [6, 6.07) is 17.4. The monoisotopic (exact) mass is 442 g/mol. The molecule has 3 rings (SSSR count). The Morgan fingerprint density at radius 1 is 1.20 bits per heavy atom. The standard InChI is InChI=1S/C24H27ClN2O2S/c1-16(2)23-21(15-28)17(3)27-24(23,30-20-11-7-10-19(25)12-20)13-22(29)26-14-18-8-5-4-6-9-18/h4-12,16,28H,13-15H2,1-3H3,(H,26,29). The Morgan fingerprint density at radius 2 is 1.93 bits per heavy atom. The third-order valence-electron chi connectivity index (χ3n) is 5.08. The molecule has 0 saturated heterocycles. The van der Waals surface area contributed by atoms with Crippen LogP contribution in [-0.4, -0.2) is 28.2 Å². The van der Waals surface area contributed by atoms with E-state index in [1.165, 1.54) is 11.8 Å². The molecule has 0 fully saturated rings. The number of aliphatic hydroxyl groups is 1. The van der Waals surface area contributed by atoms with Crippen molar-refractivity contribution in [2.45, 2.75) is 43.5 Å². The lowest BCUT2D eigenvalue weighted by Gasteiger charge is -2.31. The highest BCUT2D eigenvalue weighted by atomic mass is 35.5. The summed E-state index contributed by atoms with van der Waals surface area (Å²) in [5.41, 5.74) is 3.66. The zero-order valence-corrected chi connectivity index (χ0v) is 19.1. The number of nitrogens with zero attached hydrogens (tertiary/aromatic N) is 1. The average Bonchev–Trinajstić information content (AvgIpc) is 2.98. The van der Waals surface area contributed by atoms with Crippen LogP contribution in [-0.2, 0) is 11.3 Å². The number of hydrogen-bond acceptors (Lipinski definition) is 4. The lowest BCUT2D eigenvalue weighted by Crippen LogP contribution is -2.35. The molecule has 1 aliphatic rings. The first-order valence-electron chi connectivity index (χ1n) is 10.0. The molecule has 0 aromatic heterocycles. The van der Waals surface area contributed by atoms with Crippen LogP contribution < -0.4 is 5.32 Å². The second kappa shape index (κ2) is 9.82. The Bertz CT molecular complexity index is 972. The first kappa shape index (κ1) is 22.6. The Labute approximate surface area is 187 Å². The van der Waals surface area contributed by atoms with Gasteiger partial charge < -0.3 is 10.4 Å². The van der Waals surface area contributed by atoms with Crippen LogP contribution in [0.1, 0.15) is 32.8 Å². The zero-order chi connectivity index (χ0) is 21.7. The molecule has 0 radical (unpaired) electrons. The zero-order valence-electron chi connectivity index (χ0n) is 17.5. The summed E-state index contributed by atoms with van der Waals surface area (Å²) < 4.78 is 0. The molecule has 4 nitrogen and oxygen atoms in total. The van der Waals surface area contributed by atoms with Crippen LogP contribution in [0.2, 0.25) is 5.02 Å². The molecule has 1 heterocycles. The van der Waals surface area contributed by atoms with Crippen molar-refractivity contribution in [3.05, 3.63) is 76.3 Å². The van der Waals surface area contributed by atoms with E-state index in [0.29, 0.717) is 11.6 Å². The number of aliphatic hydroxyl groups excluding tert-OH is 1. The fourth-order valence-electron chi connectivity index (χ4n) is 3.88. The Kier molecular flexibility index (Phi) is 7.40. The number of carbonyl (C=O) groups is 1. The molecular formula is C24H27ClN2O2S. The molecule has 0 aliphatic carbocycles. The molecule has 1 amide bonds. The molecule has 2 aromatic rings. The normalized spacial score (nSPS) is 18.7. The molecule has 158 valence electrons. The summed E-state index contributed by atoms with van der Waals surface area (Å²) >= 11 is 7.72. The molecule has 30 heavy (non-hydrogen) atoms. The van der Waals surface area contributed by atoms with E-state index in [1.54, 1.807) is 0 Å². The fraction of sp³-hybridized carbons (Fsp3) is 0.333. The molecule has 0 saturated carbocycles. The molecule has 6 heteroatoms. The van der Waals surface area contributed by atoms with Gasteiger partial charge in [0.1, 0.15) is 4.87 Å². The van der Waals surface area contributed by atoms with Crippen molar-refractivity contribution >= 4 is 35.0 Å². The number of halogens is 1. The summed E-state index contributed by atoms with van der Waals surface area (Å²) in [5.74, 6) is 0.0456. The van der Waals surface area contributed by atoms with E-state index in [9.17, 15) is 9.90 Å². The van der Waals surface area contributed by atoms with Crippen LogP contribution in [0, 0.1) is 5.92 Å². The second-order valence-electron chi connectivity index (χ2n) is 7.69. The number of nitrogens with one attached hydrogen (secondary N) is 1. The van der Waals surface area contributed by atoms with Gasteiger partial charge in [0.15, 0.2) is 0 Å². The van der Waals surface area contributed by atoms with E-state index in [4.69, 9.17) is 16.6 Å². The molecule has 0 spiro atoms.